The van der Waals surface area contributed by atoms with Gasteiger partial charge in [0, 0.05) is 26.2 Å². The Hall–Kier alpha value is -1.62. The van der Waals surface area contributed by atoms with Crippen molar-refractivity contribution in [1.29, 1.82) is 0 Å². The van der Waals surface area contributed by atoms with Crippen molar-refractivity contribution in [3.8, 4) is 0 Å². The number of nitrogens with zero attached hydrogens (tertiary/aromatic N) is 2. The molecule has 2 rings (SSSR count). The molecule has 1 aliphatic rings. The van der Waals surface area contributed by atoms with Crippen molar-refractivity contribution in [3.63, 3.8) is 0 Å². The summed E-state index contributed by atoms with van der Waals surface area (Å²) in [7, 11) is -3.88. The van der Waals surface area contributed by atoms with E-state index in [0.717, 1.165) is 6.42 Å². The standard InChI is InChI=1S/C15H24N4O5S.ClH/c1-3-10(2)13(16)15(21)18-6-8-19(9-7-18)25(22,23)12-5-4-11(24-12)14(17)20;/h4-5,10,13H,3,6-9,16H2,1-2H3,(H2,17,20);1H. The third kappa shape index (κ3) is 4.56. The Morgan fingerprint density at radius 2 is 1.81 bits per heavy atom. The van der Waals surface area contributed by atoms with Gasteiger partial charge in [0.1, 0.15) is 0 Å². The molecular weight excluding hydrogens is 384 g/mol. The van der Waals surface area contributed by atoms with Crippen molar-refractivity contribution >= 4 is 34.2 Å². The molecule has 1 aromatic rings. The molecule has 26 heavy (non-hydrogen) atoms. The zero-order chi connectivity index (χ0) is 18.8. The molecule has 2 amide bonds. The predicted octanol–water partition coefficient (Wildman–Crippen LogP) is 0.00660. The molecule has 1 fully saturated rings. The van der Waals surface area contributed by atoms with Gasteiger partial charge in [0.2, 0.25) is 11.0 Å². The average Bonchev–Trinajstić information content (AvgIpc) is 3.11. The maximum absolute atomic E-state index is 12.5. The number of primary amides is 1. The summed E-state index contributed by atoms with van der Waals surface area (Å²) >= 11 is 0. The van der Waals surface area contributed by atoms with Crippen LogP contribution >= 0.6 is 12.4 Å². The van der Waals surface area contributed by atoms with Crippen LogP contribution in [0.2, 0.25) is 0 Å². The monoisotopic (exact) mass is 408 g/mol. The molecule has 9 nitrogen and oxygen atoms in total. The normalized spacial score (nSPS) is 18.0. The molecule has 0 spiro atoms. The first-order chi connectivity index (χ1) is 11.7. The van der Waals surface area contributed by atoms with Gasteiger partial charge in [-0.05, 0) is 18.1 Å². The number of sulfonamides is 1. The van der Waals surface area contributed by atoms with Crippen molar-refractivity contribution < 1.29 is 22.4 Å². The second-order valence-corrected chi connectivity index (χ2v) is 7.99. The van der Waals surface area contributed by atoms with Crippen LogP contribution < -0.4 is 11.5 Å². The predicted molar refractivity (Wildman–Crippen MR) is 97.2 cm³/mol. The zero-order valence-electron chi connectivity index (χ0n) is 14.8. The molecule has 2 heterocycles. The first-order valence-corrected chi connectivity index (χ1v) is 9.56. The SMILES string of the molecule is CCC(C)C(N)C(=O)N1CCN(S(=O)(=O)c2ccc(C(N)=O)o2)CC1.Cl. The lowest BCUT2D eigenvalue weighted by molar-refractivity contribution is -0.134. The number of furan rings is 1. The number of nitrogens with two attached hydrogens (primary N) is 2. The van der Waals surface area contributed by atoms with E-state index >= 15 is 0 Å². The maximum Gasteiger partial charge on any atom is 0.284 e. The first kappa shape index (κ1) is 22.4. The number of carbonyl (C=O) groups excluding carboxylic acids is 2. The summed E-state index contributed by atoms with van der Waals surface area (Å²) in [6.07, 6.45) is 0.794. The summed E-state index contributed by atoms with van der Waals surface area (Å²) in [4.78, 5) is 25.0. The lowest BCUT2D eigenvalue weighted by Gasteiger charge is -2.35. The van der Waals surface area contributed by atoms with Crippen LogP contribution in [0, 0.1) is 5.92 Å². The van der Waals surface area contributed by atoms with Gasteiger partial charge in [-0.2, -0.15) is 4.31 Å². The summed E-state index contributed by atoms with van der Waals surface area (Å²) in [6, 6.07) is 1.84. The van der Waals surface area contributed by atoms with Crippen LogP contribution in [0.3, 0.4) is 0 Å². The van der Waals surface area contributed by atoms with Gasteiger partial charge in [0.25, 0.3) is 15.9 Å². The molecular formula is C15H25ClN4O5S. The van der Waals surface area contributed by atoms with Crippen molar-refractivity contribution in [1.82, 2.24) is 9.21 Å². The summed E-state index contributed by atoms with van der Waals surface area (Å²) < 4.78 is 31.3. The molecule has 2 atom stereocenters. The van der Waals surface area contributed by atoms with E-state index < -0.39 is 22.0 Å². The maximum atomic E-state index is 12.5. The molecule has 0 radical (unpaired) electrons. The fourth-order valence-electron chi connectivity index (χ4n) is 2.58. The van der Waals surface area contributed by atoms with Crippen LogP contribution in [0.25, 0.3) is 0 Å². The molecule has 148 valence electrons. The first-order valence-electron chi connectivity index (χ1n) is 8.12. The highest BCUT2D eigenvalue weighted by atomic mass is 35.5. The Morgan fingerprint density at radius 1 is 1.23 bits per heavy atom. The number of rotatable bonds is 6. The Labute approximate surface area is 159 Å². The number of carbonyl (C=O) groups is 2. The molecule has 4 N–H and O–H groups in total. The largest absolute Gasteiger partial charge is 0.438 e. The minimum absolute atomic E-state index is 0. The number of hydrogen-bond donors (Lipinski definition) is 2. The van der Waals surface area contributed by atoms with Crippen molar-refractivity contribution in [2.45, 2.75) is 31.4 Å². The van der Waals surface area contributed by atoms with Crippen LogP contribution in [-0.4, -0.2) is 61.7 Å². The van der Waals surface area contributed by atoms with E-state index in [0.29, 0.717) is 0 Å². The summed E-state index contributed by atoms with van der Waals surface area (Å²) in [6.45, 7) is 4.65. The molecule has 0 saturated carbocycles. The molecule has 2 unspecified atom stereocenters. The fourth-order valence-corrected chi connectivity index (χ4v) is 3.91. The number of hydrogen-bond acceptors (Lipinski definition) is 6. The van der Waals surface area contributed by atoms with Gasteiger partial charge in [-0.1, -0.05) is 20.3 Å². The van der Waals surface area contributed by atoms with Crippen molar-refractivity contribution in [3.05, 3.63) is 17.9 Å². The Kier molecular flexibility index (Phi) is 7.63. The van der Waals surface area contributed by atoms with E-state index in [1.54, 1.807) is 4.90 Å². The molecule has 0 aromatic carbocycles. The number of amides is 2. The quantitative estimate of drug-likeness (QED) is 0.679. The lowest BCUT2D eigenvalue weighted by Crippen LogP contribution is -2.55. The highest BCUT2D eigenvalue weighted by molar-refractivity contribution is 7.89. The minimum Gasteiger partial charge on any atom is -0.438 e. The Bertz CT molecular complexity index is 743. The second-order valence-electron chi connectivity index (χ2n) is 6.12. The fraction of sp³-hybridized carbons (Fsp3) is 0.600. The van der Waals surface area contributed by atoms with Gasteiger partial charge in [-0.25, -0.2) is 8.42 Å². The van der Waals surface area contributed by atoms with Gasteiger partial charge in [0.05, 0.1) is 6.04 Å². The third-order valence-corrected chi connectivity index (χ3v) is 6.28. The number of piperazine rings is 1. The highest BCUT2D eigenvalue weighted by Gasteiger charge is 2.34. The second kappa shape index (κ2) is 8.85. The summed E-state index contributed by atoms with van der Waals surface area (Å²) in [5.41, 5.74) is 11.0. The molecule has 1 aromatic heterocycles. The molecule has 0 bridgehead atoms. The van der Waals surface area contributed by atoms with Crippen LogP contribution in [0.1, 0.15) is 30.8 Å². The Balaban J connectivity index is 0.00000338. The van der Waals surface area contributed by atoms with Crippen LogP contribution in [-0.2, 0) is 14.8 Å². The van der Waals surface area contributed by atoms with Crippen LogP contribution in [0.15, 0.2) is 21.6 Å². The van der Waals surface area contributed by atoms with E-state index in [1.807, 2.05) is 13.8 Å². The van der Waals surface area contributed by atoms with E-state index in [1.165, 1.54) is 16.4 Å². The zero-order valence-corrected chi connectivity index (χ0v) is 16.4. The van der Waals surface area contributed by atoms with E-state index in [9.17, 15) is 18.0 Å². The van der Waals surface area contributed by atoms with E-state index in [2.05, 4.69) is 0 Å². The van der Waals surface area contributed by atoms with E-state index in [4.69, 9.17) is 15.9 Å². The number of halogens is 1. The van der Waals surface area contributed by atoms with Crippen molar-refractivity contribution in [2.75, 3.05) is 26.2 Å². The van der Waals surface area contributed by atoms with Gasteiger partial charge in [-0.3, -0.25) is 9.59 Å². The van der Waals surface area contributed by atoms with Gasteiger partial charge in [-0.15, -0.1) is 12.4 Å². The van der Waals surface area contributed by atoms with Crippen molar-refractivity contribution in [2.24, 2.45) is 17.4 Å². The summed E-state index contributed by atoms with van der Waals surface area (Å²) in [5, 5.41) is -0.336. The molecule has 0 aliphatic carbocycles. The third-order valence-electron chi connectivity index (χ3n) is 4.51. The Morgan fingerprint density at radius 3 is 2.27 bits per heavy atom. The van der Waals surface area contributed by atoms with Crippen LogP contribution in [0.5, 0.6) is 0 Å². The van der Waals surface area contributed by atoms with Gasteiger partial charge in [0.15, 0.2) is 5.76 Å². The molecule has 1 saturated heterocycles. The minimum atomic E-state index is -3.88. The van der Waals surface area contributed by atoms with E-state index in [-0.39, 0.29) is 61.3 Å². The summed E-state index contributed by atoms with van der Waals surface area (Å²) in [5.74, 6) is -1.16. The topological polar surface area (TPSA) is 140 Å². The smallest absolute Gasteiger partial charge is 0.284 e. The van der Waals surface area contributed by atoms with Crippen LogP contribution in [0.4, 0.5) is 0 Å². The molecule has 11 heteroatoms. The van der Waals surface area contributed by atoms with Gasteiger partial charge >= 0.3 is 0 Å². The van der Waals surface area contributed by atoms with Gasteiger partial charge < -0.3 is 20.8 Å². The lowest BCUT2D eigenvalue weighted by atomic mass is 9.99. The highest BCUT2D eigenvalue weighted by Crippen LogP contribution is 2.20. The molecule has 1 aliphatic heterocycles. The average molecular weight is 409 g/mol.